The van der Waals surface area contributed by atoms with E-state index in [0.29, 0.717) is 27.2 Å². The maximum atomic E-state index is 13.6. The minimum atomic E-state index is -0.879. The summed E-state index contributed by atoms with van der Waals surface area (Å²) in [5.41, 5.74) is 2.48. The first-order valence-corrected chi connectivity index (χ1v) is 10.9. The molecular formula is C26H20ClN3O4. The number of furan rings is 1. The molecule has 0 saturated heterocycles. The summed E-state index contributed by atoms with van der Waals surface area (Å²) in [6.07, 6.45) is 3.17. The summed E-state index contributed by atoms with van der Waals surface area (Å²) < 4.78 is 5.74. The van der Waals surface area contributed by atoms with Gasteiger partial charge in [0, 0.05) is 48.3 Å². The van der Waals surface area contributed by atoms with Crippen LogP contribution < -0.4 is 9.80 Å². The number of fused-ring (bicyclic) bond motifs is 1. The van der Waals surface area contributed by atoms with Crippen molar-refractivity contribution in [3.8, 4) is 0 Å². The van der Waals surface area contributed by atoms with E-state index in [-0.39, 0.29) is 11.3 Å². The van der Waals surface area contributed by atoms with E-state index in [1.54, 1.807) is 60.9 Å². The first kappa shape index (κ1) is 21.7. The van der Waals surface area contributed by atoms with Gasteiger partial charge in [0.2, 0.25) is 5.78 Å². The second kappa shape index (κ2) is 8.35. The molecule has 1 N–H and O–H groups in total. The number of anilines is 2. The van der Waals surface area contributed by atoms with Crippen LogP contribution in [0.5, 0.6) is 0 Å². The van der Waals surface area contributed by atoms with Crippen molar-refractivity contribution in [3.63, 3.8) is 0 Å². The maximum absolute atomic E-state index is 13.6. The molecule has 3 heterocycles. The van der Waals surface area contributed by atoms with Gasteiger partial charge in [-0.25, -0.2) is 0 Å². The summed E-state index contributed by atoms with van der Waals surface area (Å²) in [5.74, 6) is -1.87. The van der Waals surface area contributed by atoms with Gasteiger partial charge in [-0.1, -0.05) is 17.7 Å². The molecule has 1 atom stereocenters. The molecule has 2 aromatic carbocycles. The number of nitrogens with zero attached hydrogens (tertiary/aromatic N) is 3. The number of carbonyl (C=O) groups excluding carboxylic acids is 2. The van der Waals surface area contributed by atoms with Gasteiger partial charge in [0.25, 0.3) is 5.91 Å². The minimum Gasteiger partial charge on any atom is -0.503 e. The Morgan fingerprint density at radius 1 is 1.12 bits per heavy atom. The van der Waals surface area contributed by atoms with Crippen molar-refractivity contribution in [1.82, 2.24) is 4.98 Å². The van der Waals surface area contributed by atoms with Crippen molar-refractivity contribution in [2.75, 3.05) is 23.9 Å². The summed E-state index contributed by atoms with van der Waals surface area (Å²) >= 11 is 6.06. The van der Waals surface area contributed by atoms with Crippen LogP contribution >= 0.6 is 11.6 Å². The Kier molecular flexibility index (Phi) is 5.34. The average molecular weight is 474 g/mol. The Morgan fingerprint density at radius 2 is 1.88 bits per heavy atom. The number of rotatable bonds is 5. The Balaban J connectivity index is 1.62. The third kappa shape index (κ3) is 3.60. The largest absolute Gasteiger partial charge is 0.503 e. The fourth-order valence-corrected chi connectivity index (χ4v) is 4.31. The molecule has 1 aliphatic heterocycles. The van der Waals surface area contributed by atoms with E-state index < -0.39 is 23.5 Å². The number of ketones is 1. The molecule has 2 aromatic heterocycles. The standard InChI is InChI=1S/C26H20ClN3O4/c1-29(2)18-6-8-19(9-7-18)30-23(15-4-3-11-28-14-15)22(25(32)26(30)33)24(31)21-13-16-12-17(27)5-10-20(16)34-21/h3-14,23,32H,1-2H3. The summed E-state index contributed by atoms with van der Waals surface area (Å²) in [6, 6.07) is 16.5. The fraction of sp³-hybridized carbons (Fsp3) is 0.115. The number of pyridine rings is 1. The number of aliphatic hydroxyl groups excluding tert-OH is 1. The molecule has 4 aromatic rings. The number of hydrogen-bond donors (Lipinski definition) is 1. The van der Waals surface area contributed by atoms with Gasteiger partial charge >= 0.3 is 0 Å². The number of carbonyl (C=O) groups is 2. The van der Waals surface area contributed by atoms with Crippen molar-refractivity contribution in [2.45, 2.75) is 6.04 Å². The quantitative estimate of drug-likeness (QED) is 0.394. The molecule has 1 aliphatic rings. The van der Waals surface area contributed by atoms with E-state index in [9.17, 15) is 14.7 Å². The van der Waals surface area contributed by atoms with Crippen LogP contribution in [0.1, 0.15) is 22.2 Å². The number of aliphatic hydroxyl groups is 1. The van der Waals surface area contributed by atoms with Gasteiger partial charge in [0.05, 0.1) is 11.6 Å². The Morgan fingerprint density at radius 3 is 2.56 bits per heavy atom. The highest BCUT2D eigenvalue weighted by atomic mass is 35.5. The maximum Gasteiger partial charge on any atom is 0.294 e. The van der Waals surface area contributed by atoms with Crippen LogP contribution in [0, 0.1) is 0 Å². The van der Waals surface area contributed by atoms with Crippen molar-refractivity contribution in [1.29, 1.82) is 0 Å². The van der Waals surface area contributed by atoms with Crippen LogP contribution in [0.15, 0.2) is 88.8 Å². The van der Waals surface area contributed by atoms with E-state index in [0.717, 1.165) is 5.69 Å². The van der Waals surface area contributed by atoms with Gasteiger partial charge in [0.1, 0.15) is 5.58 Å². The SMILES string of the molecule is CN(C)c1ccc(N2C(=O)C(O)=C(C(=O)c3cc4cc(Cl)ccc4o3)C2c2cccnc2)cc1. The monoisotopic (exact) mass is 473 g/mol. The van der Waals surface area contributed by atoms with Gasteiger partial charge in [-0.15, -0.1) is 0 Å². The molecule has 5 rings (SSSR count). The van der Waals surface area contributed by atoms with Crippen molar-refractivity contribution < 1.29 is 19.1 Å². The molecule has 8 heteroatoms. The van der Waals surface area contributed by atoms with E-state index >= 15 is 0 Å². The molecule has 0 bridgehead atoms. The lowest BCUT2D eigenvalue weighted by molar-refractivity contribution is -0.117. The summed E-state index contributed by atoms with van der Waals surface area (Å²) in [6.45, 7) is 0. The van der Waals surface area contributed by atoms with Gasteiger partial charge in [0.15, 0.2) is 11.5 Å². The smallest absolute Gasteiger partial charge is 0.294 e. The molecule has 0 spiro atoms. The predicted octanol–water partition coefficient (Wildman–Crippen LogP) is 5.33. The number of benzene rings is 2. The lowest BCUT2D eigenvalue weighted by atomic mass is 9.96. The van der Waals surface area contributed by atoms with Gasteiger partial charge in [-0.2, -0.15) is 0 Å². The normalized spacial score (nSPS) is 15.9. The summed E-state index contributed by atoms with van der Waals surface area (Å²) in [5, 5.41) is 12.0. The van der Waals surface area contributed by atoms with E-state index in [1.807, 2.05) is 31.1 Å². The summed E-state index contributed by atoms with van der Waals surface area (Å²) in [4.78, 5) is 34.4. The van der Waals surface area contributed by atoms with Crippen LogP contribution in [-0.2, 0) is 4.79 Å². The first-order valence-electron chi connectivity index (χ1n) is 10.5. The van der Waals surface area contributed by atoms with E-state index in [2.05, 4.69) is 4.98 Å². The van der Waals surface area contributed by atoms with Crippen molar-refractivity contribution in [3.05, 3.63) is 101 Å². The molecule has 0 radical (unpaired) electrons. The topological polar surface area (TPSA) is 86.9 Å². The first-order chi connectivity index (χ1) is 16.3. The minimum absolute atomic E-state index is 0.00492. The fourth-order valence-electron chi connectivity index (χ4n) is 4.13. The lowest BCUT2D eigenvalue weighted by Crippen LogP contribution is -2.31. The Hall–Kier alpha value is -4.10. The highest BCUT2D eigenvalue weighted by molar-refractivity contribution is 6.31. The van der Waals surface area contributed by atoms with Crippen LogP contribution in [0.2, 0.25) is 5.02 Å². The molecule has 0 fully saturated rings. The van der Waals surface area contributed by atoms with Gasteiger partial charge in [-0.05, 0) is 60.2 Å². The van der Waals surface area contributed by atoms with Gasteiger partial charge in [-0.3, -0.25) is 19.5 Å². The van der Waals surface area contributed by atoms with Crippen molar-refractivity contribution >= 4 is 45.6 Å². The molecule has 1 unspecified atom stereocenters. The molecule has 1 amide bonds. The number of amides is 1. The predicted molar refractivity (Wildman–Crippen MR) is 130 cm³/mol. The Labute approximate surface area is 200 Å². The second-order valence-electron chi connectivity index (χ2n) is 8.16. The van der Waals surface area contributed by atoms with Crippen LogP contribution in [-0.4, -0.2) is 35.9 Å². The molecular weight excluding hydrogens is 454 g/mol. The summed E-state index contributed by atoms with van der Waals surface area (Å²) in [7, 11) is 3.83. The van der Waals surface area contributed by atoms with E-state index in [1.165, 1.54) is 4.90 Å². The number of hydrogen-bond acceptors (Lipinski definition) is 6. The van der Waals surface area contributed by atoms with E-state index in [4.69, 9.17) is 16.0 Å². The number of halogens is 1. The zero-order chi connectivity index (χ0) is 24.0. The number of aromatic nitrogens is 1. The Bertz CT molecular complexity index is 1440. The van der Waals surface area contributed by atoms with Crippen LogP contribution in [0.3, 0.4) is 0 Å². The zero-order valence-corrected chi connectivity index (χ0v) is 19.2. The molecule has 170 valence electrons. The highest BCUT2D eigenvalue weighted by Crippen LogP contribution is 2.42. The van der Waals surface area contributed by atoms with Crippen LogP contribution in [0.25, 0.3) is 11.0 Å². The second-order valence-corrected chi connectivity index (χ2v) is 8.60. The highest BCUT2D eigenvalue weighted by Gasteiger charge is 2.45. The van der Waals surface area contributed by atoms with Crippen LogP contribution in [0.4, 0.5) is 11.4 Å². The molecule has 0 saturated carbocycles. The molecule has 34 heavy (non-hydrogen) atoms. The average Bonchev–Trinajstić information content (AvgIpc) is 3.38. The zero-order valence-electron chi connectivity index (χ0n) is 18.4. The third-order valence-corrected chi connectivity index (χ3v) is 6.03. The molecule has 0 aliphatic carbocycles. The third-order valence-electron chi connectivity index (χ3n) is 5.80. The van der Waals surface area contributed by atoms with Crippen molar-refractivity contribution in [2.24, 2.45) is 0 Å². The number of Topliss-reactive ketones (excluding diaryl/α,β-unsaturated/α-hetero) is 1. The van der Waals surface area contributed by atoms with Gasteiger partial charge < -0.3 is 14.4 Å². The lowest BCUT2D eigenvalue weighted by Gasteiger charge is -2.27. The molecule has 7 nitrogen and oxygen atoms in total.